The first-order valence-electron chi connectivity index (χ1n) is 4.55. The highest BCUT2D eigenvalue weighted by molar-refractivity contribution is 5.92. The van der Waals surface area contributed by atoms with Gasteiger partial charge in [-0.2, -0.15) is 0 Å². The molecule has 0 amide bonds. The number of pyridine rings is 2. The Kier molecular flexibility index (Phi) is 2.11. The van der Waals surface area contributed by atoms with Crippen molar-refractivity contribution in [3.63, 3.8) is 0 Å². The zero-order valence-corrected chi connectivity index (χ0v) is 8.48. The molecule has 0 atom stereocenters. The van der Waals surface area contributed by atoms with E-state index in [2.05, 4.69) is 9.97 Å². The lowest BCUT2D eigenvalue weighted by Gasteiger charge is -2.03. The van der Waals surface area contributed by atoms with Gasteiger partial charge in [0.2, 0.25) is 0 Å². The van der Waals surface area contributed by atoms with Crippen molar-refractivity contribution in [2.75, 3.05) is 0 Å². The molecule has 0 fully saturated rings. The fourth-order valence-corrected chi connectivity index (χ4v) is 1.54. The van der Waals surface area contributed by atoms with Crippen LogP contribution in [0.15, 0.2) is 18.3 Å². The van der Waals surface area contributed by atoms with Crippen LogP contribution in [0.2, 0.25) is 0 Å². The van der Waals surface area contributed by atoms with Crippen molar-refractivity contribution in [2.24, 2.45) is 0 Å². The minimum atomic E-state index is -0.968. The van der Waals surface area contributed by atoms with E-state index in [1.807, 2.05) is 19.9 Å². The number of hydrogen-bond acceptors (Lipinski definition) is 3. The van der Waals surface area contributed by atoms with E-state index < -0.39 is 5.97 Å². The largest absolute Gasteiger partial charge is 0.478 e. The molecule has 0 aliphatic heterocycles. The summed E-state index contributed by atoms with van der Waals surface area (Å²) in [7, 11) is 0. The van der Waals surface area contributed by atoms with Gasteiger partial charge in [-0.3, -0.25) is 0 Å². The fraction of sp³-hybridized carbons (Fsp3) is 0.182. The first kappa shape index (κ1) is 9.58. The molecule has 76 valence electrons. The molecule has 2 rings (SSSR count). The molecule has 0 unspecified atom stereocenters. The number of hydrogen-bond donors (Lipinski definition) is 1. The molecule has 0 saturated carbocycles. The van der Waals surface area contributed by atoms with Crippen LogP contribution < -0.4 is 0 Å². The average molecular weight is 202 g/mol. The van der Waals surface area contributed by atoms with Crippen LogP contribution >= 0.6 is 0 Å². The zero-order valence-electron chi connectivity index (χ0n) is 8.48. The summed E-state index contributed by atoms with van der Waals surface area (Å²) < 4.78 is 0. The predicted octanol–water partition coefficient (Wildman–Crippen LogP) is 1.94. The number of rotatable bonds is 1. The third-order valence-corrected chi connectivity index (χ3v) is 2.25. The molecule has 1 N–H and O–H groups in total. The van der Waals surface area contributed by atoms with Crippen LogP contribution in [0.25, 0.3) is 11.0 Å². The molecule has 0 spiro atoms. The maximum Gasteiger partial charge on any atom is 0.337 e. The van der Waals surface area contributed by atoms with E-state index in [4.69, 9.17) is 5.11 Å². The van der Waals surface area contributed by atoms with E-state index in [0.29, 0.717) is 5.65 Å². The fourth-order valence-electron chi connectivity index (χ4n) is 1.54. The Balaban J connectivity index is 2.76. The van der Waals surface area contributed by atoms with Crippen LogP contribution in [0, 0.1) is 13.8 Å². The molecular formula is C11H10N2O2. The smallest absolute Gasteiger partial charge is 0.337 e. The lowest BCUT2D eigenvalue weighted by Crippen LogP contribution is -1.99. The van der Waals surface area contributed by atoms with E-state index in [1.165, 1.54) is 6.20 Å². The SMILES string of the molecule is Cc1cc(C)c2cc(C(=O)O)cnc2n1. The number of carboxylic acids is 1. The molecule has 0 aromatic carbocycles. The maximum absolute atomic E-state index is 10.8. The number of carbonyl (C=O) groups is 1. The highest BCUT2D eigenvalue weighted by Crippen LogP contribution is 2.17. The summed E-state index contributed by atoms with van der Waals surface area (Å²) in [4.78, 5) is 19.0. The van der Waals surface area contributed by atoms with Crippen LogP contribution in [-0.2, 0) is 0 Å². The summed E-state index contributed by atoms with van der Waals surface area (Å²) in [6.07, 6.45) is 1.33. The molecular weight excluding hydrogens is 192 g/mol. The second-order valence-electron chi connectivity index (χ2n) is 3.48. The van der Waals surface area contributed by atoms with Gasteiger partial charge < -0.3 is 5.11 Å². The first-order chi connectivity index (χ1) is 7.08. The summed E-state index contributed by atoms with van der Waals surface area (Å²) in [5, 5.41) is 9.62. The Bertz CT molecular complexity index is 550. The molecule has 15 heavy (non-hydrogen) atoms. The molecule has 2 aromatic rings. The summed E-state index contributed by atoms with van der Waals surface area (Å²) >= 11 is 0. The highest BCUT2D eigenvalue weighted by Gasteiger charge is 2.07. The Morgan fingerprint density at radius 2 is 2.07 bits per heavy atom. The Morgan fingerprint density at radius 1 is 1.33 bits per heavy atom. The second-order valence-corrected chi connectivity index (χ2v) is 3.48. The van der Waals surface area contributed by atoms with Crippen LogP contribution in [0.3, 0.4) is 0 Å². The molecule has 0 aliphatic carbocycles. The molecule has 2 aromatic heterocycles. The summed E-state index contributed by atoms with van der Waals surface area (Å²) in [6, 6.07) is 3.52. The molecule has 0 aliphatic rings. The van der Waals surface area contributed by atoms with E-state index in [0.717, 1.165) is 16.6 Å². The minimum absolute atomic E-state index is 0.191. The summed E-state index contributed by atoms with van der Waals surface area (Å²) in [6.45, 7) is 3.81. The van der Waals surface area contributed by atoms with Crippen LogP contribution in [-0.4, -0.2) is 21.0 Å². The second kappa shape index (κ2) is 3.31. The van der Waals surface area contributed by atoms with Crippen molar-refractivity contribution in [3.05, 3.63) is 35.2 Å². The molecule has 0 radical (unpaired) electrons. The topological polar surface area (TPSA) is 63.1 Å². The normalized spacial score (nSPS) is 10.5. The van der Waals surface area contributed by atoms with Gasteiger partial charge in [0.15, 0.2) is 5.65 Å². The molecule has 0 saturated heterocycles. The monoisotopic (exact) mass is 202 g/mol. The van der Waals surface area contributed by atoms with Gasteiger partial charge in [-0.05, 0) is 31.5 Å². The quantitative estimate of drug-likeness (QED) is 0.767. The standard InChI is InChI=1S/C11H10N2O2/c1-6-3-7(2)13-10-9(6)4-8(5-12-10)11(14)15/h3-5H,1-2H3,(H,14,15). The number of aromatic nitrogens is 2. The van der Waals surface area contributed by atoms with Gasteiger partial charge in [0, 0.05) is 17.3 Å². The van der Waals surface area contributed by atoms with Crippen molar-refractivity contribution in [1.82, 2.24) is 9.97 Å². The number of aryl methyl sites for hydroxylation is 2. The number of carboxylic acid groups (broad SMARTS) is 1. The maximum atomic E-state index is 10.8. The first-order valence-corrected chi connectivity index (χ1v) is 4.55. The molecule has 4 heteroatoms. The van der Waals surface area contributed by atoms with Gasteiger partial charge in [-0.15, -0.1) is 0 Å². The van der Waals surface area contributed by atoms with E-state index in [1.54, 1.807) is 6.07 Å². The van der Waals surface area contributed by atoms with Crippen LogP contribution in [0.4, 0.5) is 0 Å². The summed E-state index contributed by atoms with van der Waals surface area (Å²) in [5.41, 5.74) is 2.66. The average Bonchev–Trinajstić information content (AvgIpc) is 2.16. The summed E-state index contributed by atoms with van der Waals surface area (Å²) in [5.74, 6) is -0.968. The van der Waals surface area contributed by atoms with Gasteiger partial charge in [0.25, 0.3) is 0 Å². The molecule has 4 nitrogen and oxygen atoms in total. The predicted molar refractivity (Wildman–Crippen MR) is 56.0 cm³/mol. The van der Waals surface area contributed by atoms with Gasteiger partial charge in [0.1, 0.15) is 0 Å². The number of nitrogens with zero attached hydrogens (tertiary/aromatic N) is 2. The molecule has 0 bridgehead atoms. The van der Waals surface area contributed by atoms with Gasteiger partial charge in [-0.1, -0.05) is 0 Å². The van der Waals surface area contributed by atoms with Crippen molar-refractivity contribution >= 4 is 17.0 Å². The number of aromatic carboxylic acids is 1. The Hall–Kier alpha value is -1.97. The lowest BCUT2D eigenvalue weighted by atomic mass is 10.1. The van der Waals surface area contributed by atoms with Crippen molar-refractivity contribution in [3.8, 4) is 0 Å². The van der Waals surface area contributed by atoms with Gasteiger partial charge in [0.05, 0.1) is 5.56 Å². The van der Waals surface area contributed by atoms with Crippen molar-refractivity contribution in [2.45, 2.75) is 13.8 Å². The third kappa shape index (κ3) is 1.66. The van der Waals surface area contributed by atoms with Gasteiger partial charge in [-0.25, -0.2) is 14.8 Å². The zero-order chi connectivity index (χ0) is 11.0. The van der Waals surface area contributed by atoms with Crippen molar-refractivity contribution in [1.29, 1.82) is 0 Å². The van der Waals surface area contributed by atoms with Crippen LogP contribution in [0.1, 0.15) is 21.6 Å². The third-order valence-electron chi connectivity index (χ3n) is 2.25. The van der Waals surface area contributed by atoms with Gasteiger partial charge >= 0.3 is 5.97 Å². The van der Waals surface area contributed by atoms with Crippen LogP contribution in [0.5, 0.6) is 0 Å². The Morgan fingerprint density at radius 3 is 2.73 bits per heavy atom. The van der Waals surface area contributed by atoms with E-state index in [9.17, 15) is 4.79 Å². The lowest BCUT2D eigenvalue weighted by molar-refractivity contribution is 0.0696. The van der Waals surface area contributed by atoms with E-state index >= 15 is 0 Å². The molecule has 2 heterocycles. The Labute approximate surface area is 86.6 Å². The van der Waals surface area contributed by atoms with Crippen molar-refractivity contribution < 1.29 is 9.90 Å². The highest BCUT2D eigenvalue weighted by atomic mass is 16.4. The van der Waals surface area contributed by atoms with E-state index in [-0.39, 0.29) is 5.56 Å². The number of fused-ring (bicyclic) bond motifs is 1. The minimum Gasteiger partial charge on any atom is -0.478 e.